The Balaban J connectivity index is 1.77. The Morgan fingerprint density at radius 1 is 1.19 bits per heavy atom. The van der Waals surface area contributed by atoms with Gasteiger partial charge in [0, 0.05) is 25.8 Å². The average molecular weight is 290 g/mol. The molecule has 1 aromatic carbocycles. The molecule has 1 fully saturated rings. The number of aliphatic hydroxyl groups excluding tert-OH is 1. The fraction of sp³-hybridized carbons (Fsp3) is 0.667. The van der Waals surface area contributed by atoms with Gasteiger partial charge in [0.25, 0.3) is 0 Å². The molecule has 3 unspecified atom stereocenters. The van der Waals surface area contributed by atoms with Crippen LogP contribution in [0.3, 0.4) is 0 Å². The summed E-state index contributed by atoms with van der Waals surface area (Å²) in [5.74, 6) is 0.773. The molecule has 1 aromatic rings. The Bertz CT molecular complexity index is 416. The third-order valence-electron chi connectivity index (χ3n) is 4.73. The second kappa shape index (κ2) is 7.81. The molecule has 0 aromatic heterocycles. The number of hydrogen-bond acceptors (Lipinski definition) is 3. The van der Waals surface area contributed by atoms with E-state index in [1.807, 2.05) is 26.2 Å². The van der Waals surface area contributed by atoms with Gasteiger partial charge in [-0.1, -0.05) is 31.9 Å². The van der Waals surface area contributed by atoms with Gasteiger partial charge in [0.05, 0.1) is 6.10 Å². The van der Waals surface area contributed by atoms with Crippen LogP contribution in [0.1, 0.15) is 50.7 Å². The summed E-state index contributed by atoms with van der Waals surface area (Å²) in [4.78, 5) is 2.07. The van der Waals surface area contributed by atoms with Crippen LogP contribution in [0, 0.1) is 5.92 Å². The highest BCUT2D eigenvalue weighted by molar-refractivity contribution is 5.46. The van der Waals surface area contributed by atoms with Crippen molar-refractivity contribution in [1.82, 2.24) is 5.32 Å². The lowest BCUT2D eigenvalue weighted by molar-refractivity contribution is 0.161. The first kappa shape index (κ1) is 16.3. The zero-order valence-electron chi connectivity index (χ0n) is 13.7. The van der Waals surface area contributed by atoms with Crippen LogP contribution >= 0.6 is 0 Å². The fourth-order valence-corrected chi connectivity index (χ4v) is 3.19. The highest BCUT2D eigenvalue weighted by Crippen LogP contribution is 2.24. The summed E-state index contributed by atoms with van der Waals surface area (Å²) in [6, 6.07) is 8.83. The van der Waals surface area contributed by atoms with Crippen LogP contribution in [0.25, 0.3) is 0 Å². The van der Waals surface area contributed by atoms with Gasteiger partial charge in [-0.05, 0) is 49.4 Å². The van der Waals surface area contributed by atoms with Crippen LogP contribution in [0.2, 0.25) is 0 Å². The molecule has 0 aliphatic heterocycles. The summed E-state index contributed by atoms with van der Waals surface area (Å²) in [5.41, 5.74) is 2.18. The Morgan fingerprint density at radius 2 is 1.86 bits per heavy atom. The molecule has 3 nitrogen and oxygen atoms in total. The van der Waals surface area contributed by atoms with E-state index in [0.717, 1.165) is 24.4 Å². The van der Waals surface area contributed by atoms with Gasteiger partial charge in [0.1, 0.15) is 0 Å². The minimum Gasteiger partial charge on any atom is -0.388 e. The second-order valence-corrected chi connectivity index (χ2v) is 6.61. The van der Waals surface area contributed by atoms with Crippen LogP contribution in [0.4, 0.5) is 5.69 Å². The number of nitrogens with zero attached hydrogens (tertiary/aromatic N) is 1. The molecular weight excluding hydrogens is 260 g/mol. The van der Waals surface area contributed by atoms with Gasteiger partial charge in [-0.3, -0.25) is 0 Å². The number of aliphatic hydroxyl groups is 1. The predicted molar refractivity (Wildman–Crippen MR) is 89.8 cm³/mol. The largest absolute Gasteiger partial charge is 0.388 e. The van der Waals surface area contributed by atoms with Crippen LogP contribution in [-0.4, -0.2) is 31.8 Å². The maximum atomic E-state index is 10.3. The Labute approximate surface area is 129 Å². The van der Waals surface area contributed by atoms with Gasteiger partial charge in [0.2, 0.25) is 0 Å². The van der Waals surface area contributed by atoms with Crippen LogP contribution < -0.4 is 10.2 Å². The van der Waals surface area contributed by atoms with E-state index in [2.05, 4.69) is 29.3 Å². The molecule has 0 amide bonds. The van der Waals surface area contributed by atoms with Crippen molar-refractivity contribution in [3.05, 3.63) is 29.8 Å². The molecule has 0 saturated heterocycles. The molecule has 3 atom stereocenters. The molecule has 0 radical (unpaired) electrons. The van der Waals surface area contributed by atoms with E-state index in [9.17, 15) is 5.11 Å². The van der Waals surface area contributed by atoms with E-state index < -0.39 is 0 Å². The van der Waals surface area contributed by atoms with E-state index in [1.54, 1.807) is 0 Å². The summed E-state index contributed by atoms with van der Waals surface area (Å²) in [5, 5.41) is 13.9. The van der Waals surface area contributed by atoms with E-state index in [-0.39, 0.29) is 6.10 Å². The first-order valence-corrected chi connectivity index (χ1v) is 8.26. The van der Waals surface area contributed by atoms with Gasteiger partial charge in [-0.25, -0.2) is 0 Å². The van der Waals surface area contributed by atoms with Crippen LogP contribution in [-0.2, 0) is 0 Å². The number of benzene rings is 1. The molecule has 0 spiro atoms. The van der Waals surface area contributed by atoms with Gasteiger partial charge in [-0.2, -0.15) is 0 Å². The van der Waals surface area contributed by atoms with E-state index in [1.165, 1.54) is 31.4 Å². The SMILES string of the molecule is CC1CCCCC1NCCC(O)c1ccc(N(C)C)cc1. The lowest BCUT2D eigenvalue weighted by Gasteiger charge is -2.30. The maximum absolute atomic E-state index is 10.3. The third-order valence-corrected chi connectivity index (χ3v) is 4.73. The molecule has 0 bridgehead atoms. The predicted octanol–water partition coefficient (Wildman–Crippen LogP) is 3.34. The summed E-state index contributed by atoms with van der Waals surface area (Å²) < 4.78 is 0. The van der Waals surface area contributed by atoms with Crippen molar-refractivity contribution in [2.45, 2.75) is 51.2 Å². The highest BCUT2D eigenvalue weighted by atomic mass is 16.3. The van der Waals surface area contributed by atoms with E-state index >= 15 is 0 Å². The van der Waals surface area contributed by atoms with E-state index in [4.69, 9.17) is 0 Å². The maximum Gasteiger partial charge on any atom is 0.0802 e. The molecule has 2 N–H and O–H groups in total. The molecule has 1 saturated carbocycles. The van der Waals surface area contributed by atoms with Crippen molar-refractivity contribution in [2.75, 3.05) is 25.5 Å². The minimum atomic E-state index is -0.368. The zero-order chi connectivity index (χ0) is 15.2. The topological polar surface area (TPSA) is 35.5 Å². The first-order valence-electron chi connectivity index (χ1n) is 8.26. The average Bonchev–Trinajstić information content (AvgIpc) is 2.49. The monoisotopic (exact) mass is 290 g/mol. The summed E-state index contributed by atoms with van der Waals surface area (Å²) in [7, 11) is 4.06. The molecule has 21 heavy (non-hydrogen) atoms. The lowest BCUT2D eigenvalue weighted by Crippen LogP contribution is -2.38. The van der Waals surface area contributed by atoms with Crippen molar-refractivity contribution in [3.63, 3.8) is 0 Å². The molecule has 1 aliphatic carbocycles. The van der Waals surface area contributed by atoms with Crippen molar-refractivity contribution in [1.29, 1.82) is 0 Å². The lowest BCUT2D eigenvalue weighted by atomic mass is 9.86. The van der Waals surface area contributed by atoms with Gasteiger partial charge >= 0.3 is 0 Å². The first-order chi connectivity index (χ1) is 10.1. The minimum absolute atomic E-state index is 0.368. The van der Waals surface area contributed by atoms with E-state index in [0.29, 0.717) is 6.04 Å². The summed E-state index contributed by atoms with van der Waals surface area (Å²) in [6.07, 6.45) is 5.76. The number of nitrogens with one attached hydrogen (secondary N) is 1. The number of hydrogen-bond donors (Lipinski definition) is 2. The Kier molecular flexibility index (Phi) is 6.07. The number of rotatable bonds is 6. The molecule has 1 aliphatic rings. The summed E-state index contributed by atoms with van der Waals surface area (Å²) in [6.45, 7) is 3.23. The van der Waals surface area contributed by atoms with Gasteiger partial charge in [-0.15, -0.1) is 0 Å². The van der Waals surface area contributed by atoms with Gasteiger partial charge in [0.15, 0.2) is 0 Å². The molecule has 2 rings (SSSR count). The zero-order valence-corrected chi connectivity index (χ0v) is 13.7. The molecule has 118 valence electrons. The van der Waals surface area contributed by atoms with Gasteiger partial charge < -0.3 is 15.3 Å². The number of anilines is 1. The fourth-order valence-electron chi connectivity index (χ4n) is 3.19. The van der Waals surface area contributed by atoms with Crippen molar-refractivity contribution < 1.29 is 5.11 Å². The summed E-state index contributed by atoms with van der Waals surface area (Å²) >= 11 is 0. The normalized spacial score (nSPS) is 23.8. The Morgan fingerprint density at radius 3 is 2.48 bits per heavy atom. The molecule has 3 heteroatoms. The quantitative estimate of drug-likeness (QED) is 0.843. The van der Waals surface area contributed by atoms with Crippen LogP contribution in [0.15, 0.2) is 24.3 Å². The van der Waals surface area contributed by atoms with Crippen molar-refractivity contribution in [3.8, 4) is 0 Å². The molecular formula is C18H30N2O. The third kappa shape index (κ3) is 4.72. The molecule has 0 heterocycles. The smallest absolute Gasteiger partial charge is 0.0802 e. The Hall–Kier alpha value is -1.06. The van der Waals surface area contributed by atoms with Crippen molar-refractivity contribution >= 4 is 5.69 Å². The van der Waals surface area contributed by atoms with Crippen molar-refractivity contribution in [2.24, 2.45) is 5.92 Å². The highest BCUT2D eigenvalue weighted by Gasteiger charge is 2.20. The standard InChI is InChI=1S/C18H30N2O/c1-14-6-4-5-7-17(14)19-13-12-18(21)15-8-10-16(11-9-15)20(2)3/h8-11,14,17-19,21H,4-7,12-13H2,1-3H3. The second-order valence-electron chi connectivity index (χ2n) is 6.61. The van der Waals surface area contributed by atoms with Crippen LogP contribution in [0.5, 0.6) is 0 Å².